The van der Waals surface area contributed by atoms with E-state index in [2.05, 4.69) is 22.2 Å². The molecule has 1 aliphatic heterocycles. The largest absolute Gasteiger partial charge is 0.442 e. The lowest BCUT2D eigenvalue weighted by Gasteiger charge is -2.18. The lowest BCUT2D eigenvalue weighted by Crippen LogP contribution is -2.29. The number of halogens is 1. The van der Waals surface area contributed by atoms with Crippen molar-refractivity contribution in [2.45, 2.75) is 44.6 Å². The Balaban J connectivity index is 1.46. The van der Waals surface area contributed by atoms with Gasteiger partial charge in [-0.2, -0.15) is 0 Å². The van der Waals surface area contributed by atoms with Crippen molar-refractivity contribution in [1.82, 2.24) is 14.9 Å². The fourth-order valence-corrected chi connectivity index (χ4v) is 4.13. The molecule has 0 spiro atoms. The highest BCUT2D eigenvalue weighted by Crippen LogP contribution is 2.40. The maximum absolute atomic E-state index is 13.6. The van der Waals surface area contributed by atoms with Gasteiger partial charge in [-0.15, -0.1) is 0 Å². The van der Waals surface area contributed by atoms with Crippen LogP contribution in [0.5, 0.6) is 0 Å². The molecule has 0 radical (unpaired) electrons. The van der Waals surface area contributed by atoms with E-state index in [0.717, 1.165) is 24.8 Å². The number of carbonyl (C=O) groups is 1. The number of anilines is 1. The minimum absolute atomic E-state index is 0.0168. The van der Waals surface area contributed by atoms with E-state index in [0.29, 0.717) is 41.3 Å². The second kappa shape index (κ2) is 6.54. The lowest BCUT2D eigenvalue weighted by atomic mass is 9.98. The van der Waals surface area contributed by atoms with Crippen LogP contribution in [0, 0.1) is 12.7 Å². The molecule has 1 aliphatic carbocycles. The van der Waals surface area contributed by atoms with Gasteiger partial charge in [0.1, 0.15) is 23.7 Å². The van der Waals surface area contributed by atoms with Crippen LogP contribution in [0.25, 0.3) is 11.1 Å². The molecule has 29 heavy (non-hydrogen) atoms. The minimum Gasteiger partial charge on any atom is -0.442 e. The van der Waals surface area contributed by atoms with Crippen molar-refractivity contribution in [2.75, 3.05) is 18.4 Å². The molecule has 1 N–H and O–H groups in total. The number of benzene rings is 1. The molecule has 2 aromatic heterocycles. The molecule has 3 aromatic rings. The smallest absolute Gasteiger partial charge is 0.258 e. The Morgan fingerprint density at radius 3 is 2.93 bits per heavy atom. The van der Waals surface area contributed by atoms with Crippen LogP contribution in [0.1, 0.15) is 53.8 Å². The highest BCUT2D eigenvalue weighted by Gasteiger charge is 2.39. The summed E-state index contributed by atoms with van der Waals surface area (Å²) in [6.07, 6.45) is 4.41. The molecule has 2 fully saturated rings. The van der Waals surface area contributed by atoms with Crippen LogP contribution in [-0.4, -0.2) is 39.4 Å². The number of furan rings is 1. The molecule has 3 heterocycles. The molecule has 150 valence electrons. The monoisotopic (exact) mass is 394 g/mol. The maximum Gasteiger partial charge on any atom is 0.258 e. The van der Waals surface area contributed by atoms with Gasteiger partial charge in [-0.25, -0.2) is 14.4 Å². The molecule has 7 heteroatoms. The van der Waals surface area contributed by atoms with Gasteiger partial charge in [0, 0.05) is 24.5 Å². The molecule has 1 saturated heterocycles. The van der Waals surface area contributed by atoms with Crippen molar-refractivity contribution in [1.29, 1.82) is 0 Å². The Morgan fingerprint density at radius 1 is 1.34 bits per heavy atom. The lowest BCUT2D eigenvalue weighted by molar-refractivity contribution is 0.0790. The number of carbonyl (C=O) groups excluding carboxylic acids is 1. The number of nitrogens with zero attached hydrogens (tertiary/aromatic N) is 3. The molecule has 6 nitrogen and oxygen atoms in total. The zero-order chi connectivity index (χ0) is 20.2. The normalized spacial score (nSPS) is 20.2. The van der Waals surface area contributed by atoms with Crippen LogP contribution >= 0.6 is 0 Å². The number of rotatable bonds is 4. The predicted octanol–water partition coefficient (Wildman–Crippen LogP) is 4.26. The molecule has 0 bridgehead atoms. The fourth-order valence-electron chi connectivity index (χ4n) is 4.13. The molecule has 2 aliphatic rings. The van der Waals surface area contributed by atoms with E-state index in [9.17, 15) is 9.18 Å². The van der Waals surface area contributed by atoms with E-state index in [1.165, 1.54) is 12.4 Å². The van der Waals surface area contributed by atoms with Crippen molar-refractivity contribution in [3.63, 3.8) is 0 Å². The van der Waals surface area contributed by atoms with Gasteiger partial charge >= 0.3 is 0 Å². The quantitative estimate of drug-likeness (QED) is 0.716. The van der Waals surface area contributed by atoms with Crippen molar-refractivity contribution in [3.8, 4) is 0 Å². The summed E-state index contributed by atoms with van der Waals surface area (Å²) in [4.78, 5) is 23.9. The van der Waals surface area contributed by atoms with E-state index in [1.54, 1.807) is 19.1 Å². The molecule has 1 atom stereocenters. The van der Waals surface area contributed by atoms with E-state index < -0.39 is 0 Å². The second-order valence-corrected chi connectivity index (χ2v) is 8.41. The SMILES string of the molecule is Cc1oc2ncnc(NC3(C)CC3)c2c1C(=O)N1CCC(c2cccc(F)c2)C1. The Hall–Kier alpha value is -2.96. The van der Waals surface area contributed by atoms with Crippen LogP contribution in [0.2, 0.25) is 0 Å². The average Bonchev–Trinajstić information content (AvgIpc) is 3.10. The average molecular weight is 394 g/mol. The van der Waals surface area contributed by atoms with Gasteiger partial charge in [-0.3, -0.25) is 4.79 Å². The molecular weight excluding hydrogens is 371 g/mol. The molecule has 1 saturated carbocycles. The van der Waals surface area contributed by atoms with Gasteiger partial charge in [0.2, 0.25) is 5.71 Å². The molecule has 1 unspecified atom stereocenters. The summed E-state index contributed by atoms with van der Waals surface area (Å²) >= 11 is 0. The maximum atomic E-state index is 13.6. The Bertz CT molecular complexity index is 1110. The first-order chi connectivity index (χ1) is 13.9. The number of fused-ring (bicyclic) bond motifs is 1. The number of likely N-dealkylation sites (tertiary alicyclic amines) is 1. The first-order valence-corrected chi connectivity index (χ1v) is 10.0. The topological polar surface area (TPSA) is 71.3 Å². The van der Waals surface area contributed by atoms with Crippen molar-refractivity contribution in [3.05, 3.63) is 53.3 Å². The van der Waals surface area contributed by atoms with Gasteiger partial charge in [0.05, 0.1) is 10.9 Å². The molecule has 1 aromatic carbocycles. The highest BCUT2D eigenvalue weighted by atomic mass is 19.1. The van der Waals surface area contributed by atoms with Crippen molar-refractivity contribution in [2.24, 2.45) is 0 Å². The molecule has 1 amide bonds. The molecule has 5 rings (SSSR count). The summed E-state index contributed by atoms with van der Waals surface area (Å²) in [7, 11) is 0. The number of aryl methyl sites for hydroxylation is 1. The van der Waals surface area contributed by atoms with Gasteiger partial charge in [0.25, 0.3) is 5.91 Å². The highest BCUT2D eigenvalue weighted by molar-refractivity contribution is 6.10. The first-order valence-electron chi connectivity index (χ1n) is 10.0. The van der Waals surface area contributed by atoms with E-state index in [1.807, 2.05) is 11.0 Å². The summed E-state index contributed by atoms with van der Waals surface area (Å²) in [5.74, 6) is 0.997. The minimum atomic E-state index is -0.245. The second-order valence-electron chi connectivity index (χ2n) is 8.41. The van der Waals surface area contributed by atoms with Crippen LogP contribution in [0.3, 0.4) is 0 Å². The van der Waals surface area contributed by atoms with Crippen LogP contribution in [0.15, 0.2) is 35.0 Å². The summed E-state index contributed by atoms with van der Waals surface area (Å²) < 4.78 is 19.4. The zero-order valence-electron chi connectivity index (χ0n) is 16.5. The number of aromatic nitrogens is 2. The van der Waals surface area contributed by atoms with E-state index in [4.69, 9.17) is 4.42 Å². The van der Waals surface area contributed by atoms with Crippen LogP contribution < -0.4 is 5.32 Å². The fraction of sp³-hybridized carbons (Fsp3) is 0.409. The third-order valence-corrected chi connectivity index (χ3v) is 6.09. The van der Waals surface area contributed by atoms with Crippen LogP contribution in [-0.2, 0) is 0 Å². The standard InChI is InChI=1S/C22H23FN4O2/c1-13-17(18-19(26-22(2)7-8-22)24-12-25-20(18)29-13)21(28)27-9-6-15(11-27)14-4-3-5-16(23)10-14/h3-5,10,12,15H,6-9,11H2,1-2H3,(H,24,25,26). The Kier molecular flexibility index (Phi) is 4.08. The Morgan fingerprint density at radius 2 is 2.17 bits per heavy atom. The molecular formula is C22H23FN4O2. The number of amides is 1. The van der Waals surface area contributed by atoms with Gasteiger partial charge in [0.15, 0.2) is 0 Å². The van der Waals surface area contributed by atoms with Gasteiger partial charge in [-0.05, 0) is 50.8 Å². The third kappa shape index (κ3) is 3.24. The third-order valence-electron chi connectivity index (χ3n) is 6.09. The van der Waals surface area contributed by atoms with Gasteiger partial charge in [-0.1, -0.05) is 12.1 Å². The van der Waals surface area contributed by atoms with E-state index in [-0.39, 0.29) is 23.2 Å². The van der Waals surface area contributed by atoms with Crippen LogP contribution in [0.4, 0.5) is 10.2 Å². The predicted molar refractivity (Wildman–Crippen MR) is 107 cm³/mol. The van der Waals surface area contributed by atoms with Crippen molar-refractivity contribution >= 4 is 22.8 Å². The first kappa shape index (κ1) is 18.1. The van der Waals surface area contributed by atoms with E-state index >= 15 is 0 Å². The summed E-state index contributed by atoms with van der Waals surface area (Å²) in [5, 5.41) is 4.10. The van der Waals surface area contributed by atoms with Crippen molar-refractivity contribution < 1.29 is 13.6 Å². The number of nitrogens with one attached hydrogen (secondary N) is 1. The summed E-state index contributed by atoms with van der Waals surface area (Å²) in [6.45, 7) is 5.11. The number of hydrogen-bond acceptors (Lipinski definition) is 5. The Labute approximate surface area is 168 Å². The summed E-state index contributed by atoms with van der Waals surface area (Å²) in [6, 6.07) is 6.64. The zero-order valence-corrected chi connectivity index (χ0v) is 16.5. The summed E-state index contributed by atoms with van der Waals surface area (Å²) in [5.41, 5.74) is 1.89. The van der Waals surface area contributed by atoms with Gasteiger partial charge < -0.3 is 14.6 Å². The number of hydrogen-bond donors (Lipinski definition) is 1.